The van der Waals surface area contributed by atoms with Gasteiger partial charge in [-0.05, 0) is 25.5 Å². The number of nitrogens with zero attached hydrogens (tertiary/aromatic N) is 4. The number of halogens is 1. The maximum absolute atomic E-state index is 13.7. The molecule has 1 aliphatic heterocycles. The van der Waals surface area contributed by atoms with E-state index in [1.54, 1.807) is 24.0 Å². The molecule has 2 aromatic rings. The molecule has 1 aliphatic rings. The van der Waals surface area contributed by atoms with Crippen molar-refractivity contribution in [2.24, 2.45) is 0 Å². The van der Waals surface area contributed by atoms with E-state index in [9.17, 15) is 14.3 Å². The number of rotatable bonds is 4. The molecule has 1 unspecified atom stereocenters. The van der Waals surface area contributed by atoms with Crippen LogP contribution in [0.15, 0.2) is 22.7 Å². The number of hydrogen-bond donors (Lipinski definition) is 1. The van der Waals surface area contributed by atoms with E-state index in [0.29, 0.717) is 55.6 Å². The van der Waals surface area contributed by atoms with Crippen molar-refractivity contribution in [2.45, 2.75) is 26.5 Å². The molecule has 25 heavy (non-hydrogen) atoms. The number of aryl methyl sites for hydroxylation is 1. The first kappa shape index (κ1) is 17.5. The van der Waals surface area contributed by atoms with E-state index in [4.69, 9.17) is 4.52 Å². The van der Waals surface area contributed by atoms with Crippen molar-refractivity contribution in [3.63, 3.8) is 0 Å². The fraction of sp³-hybridized carbons (Fsp3) is 0.471. The van der Waals surface area contributed by atoms with E-state index in [2.05, 4.69) is 15.0 Å². The van der Waals surface area contributed by atoms with Crippen molar-refractivity contribution in [3.8, 4) is 11.4 Å². The number of amides is 1. The number of carbonyl (C=O) groups excluding carboxylic acids is 1. The summed E-state index contributed by atoms with van der Waals surface area (Å²) in [6.07, 6.45) is -0.972. The summed E-state index contributed by atoms with van der Waals surface area (Å²) in [4.78, 5) is 19.8. The Morgan fingerprint density at radius 3 is 2.72 bits per heavy atom. The molecular weight excluding hydrogens is 327 g/mol. The topological polar surface area (TPSA) is 82.7 Å². The second-order valence-electron chi connectivity index (χ2n) is 6.25. The van der Waals surface area contributed by atoms with Gasteiger partial charge < -0.3 is 14.5 Å². The lowest BCUT2D eigenvalue weighted by atomic mass is 10.1. The van der Waals surface area contributed by atoms with Gasteiger partial charge in [-0.15, -0.1) is 0 Å². The molecule has 2 heterocycles. The highest BCUT2D eigenvalue weighted by Crippen LogP contribution is 2.19. The largest absolute Gasteiger partial charge is 0.384 e. The van der Waals surface area contributed by atoms with Crippen LogP contribution in [-0.2, 0) is 11.3 Å². The summed E-state index contributed by atoms with van der Waals surface area (Å²) in [5, 5.41) is 13.3. The van der Waals surface area contributed by atoms with E-state index >= 15 is 0 Å². The molecule has 7 nitrogen and oxygen atoms in total. The number of carbonyl (C=O) groups is 1. The molecule has 1 aromatic heterocycles. The van der Waals surface area contributed by atoms with Crippen molar-refractivity contribution in [2.75, 3.05) is 26.2 Å². The van der Waals surface area contributed by atoms with Crippen molar-refractivity contribution in [1.82, 2.24) is 19.9 Å². The van der Waals surface area contributed by atoms with Crippen LogP contribution in [0.5, 0.6) is 0 Å². The van der Waals surface area contributed by atoms with Crippen LogP contribution >= 0.6 is 0 Å². The van der Waals surface area contributed by atoms with Crippen LogP contribution in [0.2, 0.25) is 0 Å². The minimum Gasteiger partial charge on any atom is -0.384 e. The van der Waals surface area contributed by atoms with Gasteiger partial charge in [0.2, 0.25) is 11.7 Å². The lowest BCUT2D eigenvalue weighted by Crippen LogP contribution is -2.50. The Kier molecular flexibility index (Phi) is 5.10. The van der Waals surface area contributed by atoms with Gasteiger partial charge in [0.25, 0.3) is 5.91 Å². The highest BCUT2D eigenvalue weighted by Gasteiger charge is 2.24. The SMILES string of the molecule is Cc1ccc(-c2noc(CN3CCN(C(=O)C(C)O)CC3)n2)cc1F. The van der Waals surface area contributed by atoms with Crippen LogP contribution in [0.3, 0.4) is 0 Å². The summed E-state index contributed by atoms with van der Waals surface area (Å²) in [5.74, 6) is 0.256. The molecule has 1 N–H and O–H groups in total. The Labute approximate surface area is 145 Å². The Morgan fingerprint density at radius 1 is 1.36 bits per heavy atom. The van der Waals surface area contributed by atoms with Gasteiger partial charge in [-0.3, -0.25) is 9.69 Å². The first-order valence-electron chi connectivity index (χ1n) is 8.22. The van der Waals surface area contributed by atoms with Gasteiger partial charge in [0.15, 0.2) is 0 Å². The van der Waals surface area contributed by atoms with E-state index < -0.39 is 6.10 Å². The molecule has 0 saturated carbocycles. The highest BCUT2D eigenvalue weighted by atomic mass is 19.1. The van der Waals surface area contributed by atoms with Crippen LogP contribution in [-0.4, -0.2) is 63.2 Å². The first-order chi connectivity index (χ1) is 11.9. The van der Waals surface area contributed by atoms with Crippen LogP contribution in [0.4, 0.5) is 4.39 Å². The summed E-state index contributed by atoms with van der Waals surface area (Å²) in [5.41, 5.74) is 1.14. The smallest absolute Gasteiger partial charge is 0.251 e. The Bertz CT molecular complexity index is 754. The van der Waals surface area contributed by atoms with Crippen LogP contribution < -0.4 is 0 Å². The van der Waals surface area contributed by atoms with Crippen molar-refractivity contribution < 1.29 is 18.8 Å². The van der Waals surface area contributed by atoms with Gasteiger partial charge >= 0.3 is 0 Å². The molecule has 1 amide bonds. The van der Waals surface area contributed by atoms with Crippen molar-refractivity contribution >= 4 is 5.91 Å². The van der Waals surface area contributed by atoms with E-state index in [1.165, 1.54) is 13.0 Å². The average molecular weight is 348 g/mol. The molecule has 0 spiro atoms. The van der Waals surface area contributed by atoms with Crippen molar-refractivity contribution in [1.29, 1.82) is 0 Å². The second kappa shape index (κ2) is 7.28. The summed E-state index contributed by atoms with van der Waals surface area (Å²) in [6.45, 7) is 6.07. The van der Waals surface area contributed by atoms with Crippen LogP contribution in [0.1, 0.15) is 18.4 Å². The van der Waals surface area contributed by atoms with Gasteiger partial charge in [-0.25, -0.2) is 4.39 Å². The molecule has 0 radical (unpaired) electrons. The second-order valence-corrected chi connectivity index (χ2v) is 6.25. The molecule has 0 aliphatic carbocycles. The third-order valence-electron chi connectivity index (χ3n) is 4.30. The van der Waals surface area contributed by atoms with E-state index in [1.807, 2.05) is 0 Å². The predicted octanol–water partition coefficient (Wildman–Crippen LogP) is 1.21. The van der Waals surface area contributed by atoms with Gasteiger partial charge in [-0.1, -0.05) is 17.3 Å². The fourth-order valence-electron chi connectivity index (χ4n) is 2.75. The molecule has 8 heteroatoms. The normalized spacial score (nSPS) is 16.9. The summed E-state index contributed by atoms with van der Waals surface area (Å²) in [6, 6.07) is 4.83. The Morgan fingerprint density at radius 2 is 2.08 bits per heavy atom. The molecule has 3 rings (SSSR count). The zero-order chi connectivity index (χ0) is 18.0. The van der Waals surface area contributed by atoms with Crippen molar-refractivity contribution in [3.05, 3.63) is 35.5 Å². The summed E-state index contributed by atoms with van der Waals surface area (Å²) < 4.78 is 18.9. The fourth-order valence-corrected chi connectivity index (χ4v) is 2.75. The van der Waals surface area contributed by atoms with Gasteiger partial charge in [0.1, 0.15) is 11.9 Å². The number of aliphatic hydroxyl groups is 1. The van der Waals surface area contributed by atoms with Gasteiger partial charge in [0.05, 0.1) is 6.54 Å². The number of aromatic nitrogens is 2. The van der Waals surface area contributed by atoms with Gasteiger partial charge in [-0.2, -0.15) is 4.98 Å². The molecule has 1 saturated heterocycles. The third kappa shape index (κ3) is 4.02. The number of aliphatic hydroxyl groups excluding tert-OH is 1. The molecule has 1 aromatic carbocycles. The first-order valence-corrected chi connectivity index (χ1v) is 8.22. The Balaban J connectivity index is 1.59. The zero-order valence-corrected chi connectivity index (χ0v) is 14.3. The van der Waals surface area contributed by atoms with E-state index in [0.717, 1.165) is 0 Å². The number of piperazine rings is 1. The quantitative estimate of drug-likeness (QED) is 0.894. The summed E-state index contributed by atoms with van der Waals surface area (Å²) >= 11 is 0. The van der Waals surface area contributed by atoms with Crippen LogP contribution in [0.25, 0.3) is 11.4 Å². The van der Waals surface area contributed by atoms with E-state index in [-0.39, 0.29) is 11.7 Å². The molecule has 0 bridgehead atoms. The number of benzene rings is 1. The highest BCUT2D eigenvalue weighted by molar-refractivity contribution is 5.80. The van der Waals surface area contributed by atoms with Crippen LogP contribution in [0, 0.1) is 12.7 Å². The molecular formula is C17H21FN4O3. The molecule has 1 fully saturated rings. The molecule has 1 atom stereocenters. The van der Waals surface area contributed by atoms with Gasteiger partial charge in [0, 0.05) is 31.7 Å². The lowest BCUT2D eigenvalue weighted by Gasteiger charge is -2.34. The minimum absolute atomic E-state index is 0.249. The monoisotopic (exact) mass is 348 g/mol. The number of hydrogen-bond acceptors (Lipinski definition) is 6. The predicted molar refractivity (Wildman–Crippen MR) is 88.0 cm³/mol. The maximum Gasteiger partial charge on any atom is 0.251 e. The molecule has 134 valence electrons. The maximum atomic E-state index is 13.7. The minimum atomic E-state index is -0.972. The Hall–Kier alpha value is -2.32. The lowest BCUT2D eigenvalue weighted by molar-refractivity contribution is -0.141. The standard InChI is InChI=1S/C17H21FN4O3/c1-11-3-4-13(9-14(11)18)16-19-15(25-20-16)10-21-5-7-22(8-6-21)17(24)12(2)23/h3-4,9,12,23H,5-8,10H2,1-2H3. The summed E-state index contributed by atoms with van der Waals surface area (Å²) in [7, 11) is 0. The average Bonchev–Trinajstić information content (AvgIpc) is 3.06. The third-order valence-corrected chi connectivity index (χ3v) is 4.30. The zero-order valence-electron chi connectivity index (χ0n) is 14.3.